The summed E-state index contributed by atoms with van der Waals surface area (Å²) < 4.78 is 5.48. The Hall–Kier alpha value is -2.36. The Morgan fingerprint density at radius 1 is 1.25 bits per heavy atom. The highest BCUT2D eigenvalue weighted by molar-refractivity contribution is 6.00. The Balaban J connectivity index is 1.79. The fourth-order valence-electron chi connectivity index (χ4n) is 2.16. The van der Waals surface area contributed by atoms with Crippen LogP contribution in [0.2, 0.25) is 0 Å². The predicted octanol–water partition coefficient (Wildman–Crippen LogP) is 2.31. The van der Waals surface area contributed by atoms with Crippen molar-refractivity contribution in [3.05, 3.63) is 42.0 Å². The van der Waals surface area contributed by atoms with Gasteiger partial charge >= 0.3 is 0 Å². The van der Waals surface area contributed by atoms with Crippen LogP contribution >= 0.6 is 0 Å². The third-order valence-corrected chi connectivity index (χ3v) is 3.35. The summed E-state index contributed by atoms with van der Waals surface area (Å²) in [5.41, 5.74) is 0.488. The topological polar surface area (TPSA) is 55.4 Å². The fraction of sp³-hybridized carbons (Fsp3) is 0.250. The molecule has 2 aromatic rings. The van der Waals surface area contributed by atoms with Gasteiger partial charge in [-0.1, -0.05) is 30.3 Å². The van der Waals surface area contributed by atoms with E-state index < -0.39 is 0 Å². The van der Waals surface area contributed by atoms with E-state index in [1.807, 2.05) is 30.3 Å². The summed E-state index contributed by atoms with van der Waals surface area (Å²) in [5, 5.41) is 4.66. The molecular formula is C16H15NO3. The van der Waals surface area contributed by atoms with Gasteiger partial charge in [-0.15, -0.1) is 0 Å². The van der Waals surface area contributed by atoms with Gasteiger partial charge in [0.2, 0.25) is 0 Å². The number of ether oxygens (including phenoxy) is 1. The van der Waals surface area contributed by atoms with Crippen molar-refractivity contribution in [2.24, 2.45) is 0 Å². The minimum atomic E-state index is -0.141. The molecule has 1 amide bonds. The third-order valence-electron chi connectivity index (χ3n) is 3.35. The molecule has 0 radical (unpaired) electrons. The van der Waals surface area contributed by atoms with Crippen LogP contribution < -0.4 is 10.1 Å². The van der Waals surface area contributed by atoms with Crippen molar-refractivity contribution in [1.82, 2.24) is 5.32 Å². The molecule has 0 heterocycles. The average molecular weight is 269 g/mol. The van der Waals surface area contributed by atoms with E-state index in [2.05, 4.69) is 5.32 Å². The van der Waals surface area contributed by atoms with Crippen LogP contribution in [0.25, 0.3) is 10.8 Å². The Kier molecular flexibility index (Phi) is 3.37. The SMILES string of the molecule is O=Cc1c(OCC(=O)NC2CC2)ccc2ccccc12. The Bertz CT molecular complexity index is 662. The van der Waals surface area contributed by atoms with Crippen LogP contribution in [-0.4, -0.2) is 24.8 Å². The molecule has 0 unspecified atom stereocenters. The molecule has 4 nitrogen and oxygen atoms in total. The quantitative estimate of drug-likeness (QED) is 0.847. The van der Waals surface area contributed by atoms with Gasteiger partial charge in [0, 0.05) is 6.04 Å². The lowest BCUT2D eigenvalue weighted by molar-refractivity contribution is -0.123. The molecule has 102 valence electrons. The van der Waals surface area contributed by atoms with Crippen LogP contribution in [0.15, 0.2) is 36.4 Å². The number of fused-ring (bicyclic) bond motifs is 1. The lowest BCUT2D eigenvalue weighted by Crippen LogP contribution is -2.30. The first kappa shape index (κ1) is 12.7. The number of carbonyl (C=O) groups excluding carboxylic acids is 2. The van der Waals surface area contributed by atoms with Gasteiger partial charge in [-0.25, -0.2) is 0 Å². The number of aldehydes is 1. The van der Waals surface area contributed by atoms with Crippen LogP contribution in [-0.2, 0) is 4.79 Å². The van der Waals surface area contributed by atoms with E-state index in [9.17, 15) is 9.59 Å². The molecule has 1 fully saturated rings. The molecule has 20 heavy (non-hydrogen) atoms. The maximum absolute atomic E-state index is 11.6. The van der Waals surface area contributed by atoms with Crippen molar-refractivity contribution in [3.8, 4) is 5.75 Å². The highest BCUT2D eigenvalue weighted by Gasteiger charge is 2.23. The summed E-state index contributed by atoms with van der Waals surface area (Å²) in [7, 11) is 0. The van der Waals surface area contributed by atoms with E-state index in [0.29, 0.717) is 17.4 Å². The van der Waals surface area contributed by atoms with E-state index >= 15 is 0 Å². The molecule has 0 bridgehead atoms. The van der Waals surface area contributed by atoms with Gasteiger partial charge in [0.15, 0.2) is 12.9 Å². The van der Waals surface area contributed by atoms with Crippen LogP contribution in [0, 0.1) is 0 Å². The van der Waals surface area contributed by atoms with Crippen LogP contribution in [0.3, 0.4) is 0 Å². The molecule has 1 aliphatic rings. The first-order valence-electron chi connectivity index (χ1n) is 6.67. The summed E-state index contributed by atoms with van der Waals surface area (Å²) >= 11 is 0. The zero-order valence-electron chi connectivity index (χ0n) is 11.0. The van der Waals surface area contributed by atoms with Gasteiger partial charge < -0.3 is 10.1 Å². The van der Waals surface area contributed by atoms with Crippen LogP contribution in [0.5, 0.6) is 5.75 Å². The first-order chi connectivity index (χ1) is 9.78. The van der Waals surface area contributed by atoms with E-state index in [-0.39, 0.29) is 12.5 Å². The van der Waals surface area contributed by atoms with Gasteiger partial charge in [0.1, 0.15) is 5.75 Å². The smallest absolute Gasteiger partial charge is 0.258 e. The molecule has 4 heteroatoms. The number of carbonyl (C=O) groups is 2. The lowest BCUT2D eigenvalue weighted by Gasteiger charge is -2.10. The number of hydrogen-bond acceptors (Lipinski definition) is 3. The van der Waals surface area contributed by atoms with E-state index in [4.69, 9.17) is 4.74 Å². The molecule has 0 atom stereocenters. The lowest BCUT2D eigenvalue weighted by atomic mass is 10.0. The second-order valence-corrected chi connectivity index (χ2v) is 4.95. The average Bonchev–Trinajstić information content (AvgIpc) is 3.28. The van der Waals surface area contributed by atoms with Crippen molar-refractivity contribution in [3.63, 3.8) is 0 Å². The molecule has 3 rings (SSSR count). The summed E-state index contributed by atoms with van der Waals surface area (Å²) in [5.74, 6) is 0.308. The van der Waals surface area contributed by atoms with Gasteiger partial charge in [0.25, 0.3) is 5.91 Å². The molecule has 0 saturated heterocycles. The van der Waals surface area contributed by atoms with Crippen LogP contribution in [0.1, 0.15) is 23.2 Å². The third kappa shape index (κ3) is 2.64. The van der Waals surface area contributed by atoms with Crippen molar-refractivity contribution in [1.29, 1.82) is 0 Å². The normalized spacial score (nSPS) is 14.0. The molecule has 0 aliphatic heterocycles. The Morgan fingerprint density at radius 3 is 2.80 bits per heavy atom. The zero-order valence-corrected chi connectivity index (χ0v) is 11.0. The second kappa shape index (κ2) is 5.33. The number of benzene rings is 2. The van der Waals surface area contributed by atoms with Crippen molar-refractivity contribution >= 4 is 23.0 Å². The van der Waals surface area contributed by atoms with E-state index in [0.717, 1.165) is 29.9 Å². The van der Waals surface area contributed by atoms with Crippen molar-refractivity contribution < 1.29 is 14.3 Å². The molecule has 1 saturated carbocycles. The second-order valence-electron chi connectivity index (χ2n) is 4.95. The van der Waals surface area contributed by atoms with Crippen molar-refractivity contribution in [2.45, 2.75) is 18.9 Å². The van der Waals surface area contributed by atoms with Gasteiger partial charge in [0.05, 0.1) is 5.56 Å². The number of rotatable bonds is 5. The summed E-state index contributed by atoms with van der Waals surface area (Å²) in [4.78, 5) is 22.9. The van der Waals surface area contributed by atoms with E-state index in [1.165, 1.54) is 0 Å². The van der Waals surface area contributed by atoms with Gasteiger partial charge in [-0.2, -0.15) is 0 Å². The zero-order chi connectivity index (χ0) is 13.9. The van der Waals surface area contributed by atoms with E-state index in [1.54, 1.807) is 6.07 Å². The Morgan fingerprint density at radius 2 is 2.05 bits per heavy atom. The number of amides is 1. The predicted molar refractivity (Wildman–Crippen MR) is 76.0 cm³/mol. The largest absolute Gasteiger partial charge is 0.483 e. The first-order valence-corrected chi connectivity index (χ1v) is 6.67. The maximum Gasteiger partial charge on any atom is 0.258 e. The minimum Gasteiger partial charge on any atom is -0.483 e. The molecule has 0 spiro atoms. The summed E-state index contributed by atoms with van der Waals surface area (Å²) in [6.45, 7) is -0.0598. The molecule has 1 aliphatic carbocycles. The maximum atomic E-state index is 11.6. The van der Waals surface area contributed by atoms with Crippen LogP contribution in [0.4, 0.5) is 0 Å². The minimum absolute atomic E-state index is 0.0598. The van der Waals surface area contributed by atoms with Gasteiger partial charge in [-0.05, 0) is 29.7 Å². The molecule has 0 aromatic heterocycles. The highest BCUT2D eigenvalue weighted by Crippen LogP contribution is 2.26. The summed E-state index contributed by atoms with van der Waals surface area (Å²) in [6, 6.07) is 11.5. The highest BCUT2D eigenvalue weighted by atomic mass is 16.5. The summed E-state index contributed by atoms with van der Waals surface area (Å²) in [6.07, 6.45) is 2.86. The fourth-order valence-corrected chi connectivity index (χ4v) is 2.16. The molecular weight excluding hydrogens is 254 g/mol. The molecule has 1 N–H and O–H groups in total. The van der Waals surface area contributed by atoms with Crippen molar-refractivity contribution in [2.75, 3.05) is 6.61 Å². The number of nitrogens with one attached hydrogen (secondary N) is 1. The molecule has 2 aromatic carbocycles. The Labute approximate surface area is 116 Å². The monoisotopic (exact) mass is 269 g/mol. The number of hydrogen-bond donors (Lipinski definition) is 1. The standard InChI is InChI=1S/C16H15NO3/c18-9-14-13-4-2-1-3-11(13)5-8-15(14)20-10-16(19)17-12-6-7-12/h1-5,8-9,12H,6-7,10H2,(H,17,19). The van der Waals surface area contributed by atoms with Gasteiger partial charge in [-0.3, -0.25) is 9.59 Å².